The lowest BCUT2D eigenvalue weighted by atomic mass is 10.1. The standard InChI is InChI=1S/C12H15N2O3PS/c1-3-16-18(15,17-4-2)19-14-12(10-13)11-8-6-5-7-9-11/h5-9H,3-4H2,1-2H3/b14-12+. The first-order valence-electron chi connectivity index (χ1n) is 5.76. The summed E-state index contributed by atoms with van der Waals surface area (Å²) in [6.07, 6.45) is 0. The van der Waals surface area contributed by atoms with Crippen molar-refractivity contribution < 1.29 is 13.6 Å². The van der Waals surface area contributed by atoms with Crippen LogP contribution in [-0.2, 0) is 13.6 Å². The van der Waals surface area contributed by atoms with Crippen LogP contribution in [0.4, 0.5) is 0 Å². The average Bonchev–Trinajstić information content (AvgIpc) is 2.41. The van der Waals surface area contributed by atoms with Crippen molar-refractivity contribution in [2.24, 2.45) is 4.40 Å². The molecular formula is C12H15N2O3PS. The monoisotopic (exact) mass is 298 g/mol. The molecule has 1 rings (SSSR count). The molecule has 0 aliphatic carbocycles. The van der Waals surface area contributed by atoms with E-state index in [0.717, 1.165) is 0 Å². The molecule has 0 spiro atoms. The van der Waals surface area contributed by atoms with Gasteiger partial charge in [0.15, 0.2) is 5.71 Å². The van der Waals surface area contributed by atoms with Gasteiger partial charge in [-0.1, -0.05) is 30.3 Å². The van der Waals surface area contributed by atoms with Crippen LogP contribution in [0, 0.1) is 11.3 Å². The van der Waals surface area contributed by atoms with E-state index in [9.17, 15) is 4.57 Å². The first-order valence-corrected chi connectivity index (χ1v) is 8.68. The molecule has 0 unspecified atom stereocenters. The second-order valence-corrected chi connectivity index (χ2v) is 6.87. The van der Waals surface area contributed by atoms with Gasteiger partial charge in [-0.3, -0.25) is 9.05 Å². The largest absolute Gasteiger partial charge is 0.411 e. The number of nitrogens with zero attached hydrogens (tertiary/aromatic N) is 2. The van der Waals surface area contributed by atoms with Gasteiger partial charge in [0, 0.05) is 5.56 Å². The number of hydrogen-bond donors (Lipinski definition) is 0. The SMILES string of the molecule is CCOP(=O)(OCC)S/N=C(\C#N)c1ccccc1. The summed E-state index contributed by atoms with van der Waals surface area (Å²) in [4.78, 5) is 0. The van der Waals surface area contributed by atoms with Gasteiger partial charge in [-0.2, -0.15) is 9.66 Å². The molecule has 1 aromatic carbocycles. The molecule has 0 saturated carbocycles. The van der Waals surface area contributed by atoms with Gasteiger partial charge in [0.25, 0.3) is 0 Å². The zero-order valence-electron chi connectivity index (χ0n) is 10.8. The van der Waals surface area contributed by atoms with Crippen molar-refractivity contribution in [1.29, 1.82) is 5.26 Å². The fraction of sp³-hybridized carbons (Fsp3) is 0.333. The minimum Gasteiger partial charge on any atom is -0.300 e. The van der Waals surface area contributed by atoms with E-state index in [-0.39, 0.29) is 18.9 Å². The Kier molecular flexibility index (Phi) is 6.82. The van der Waals surface area contributed by atoms with Crippen molar-refractivity contribution in [3.05, 3.63) is 35.9 Å². The Morgan fingerprint density at radius 3 is 2.37 bits per heavy atom. The molecule has 1 aromatic rings. The van der Waals surface area contributed by atoms with Crippen LogP contribution in [0.15, 0.2) is 34.7 Å². The first kappa shape index (κ1) is 15.9. The summed E-state index contributed by atoms with van der Waals surface area (Å²) in [5, 5.41) is 9.07. The smallest absolute Gasteiger partial charge is 0.300 e. The Labute approximate surface area is 117 Å². The summed E-state index contributed by atoms with van der Waals surface area (Å²) >= 11 is 0.677. The highest BCUT2D eigenvalue weighted by Gasteiger charge is 2.25. The Morgan fingerprint density at radius 1 is 1.32 bits per heavy atom. The number of benzene rings is 1. The molecule has 102 valence electrons. The van der Waals surface area contributed by atoms with Crippen LogP contribution in [0.5, 0.6) is 0 Å². The van der Waals surface area contributed by atoms with Crippen LogP contribution in [-0.4, -0.2) is 18.9 Å². The van der Waals surface area contributed by atoms with Crippen LogP contribution in [0.25, 0.3) is 0 Å². The normalized spacial score (nSPS) is 12.2. The van der Waals surface area contributed by atoms with Crippen molar-refractivity contribution in [1.82, 2.24) is 0 Å². The summed E-state index contributed by atoms with van der Waals surface area (Å²) in [7, 11) is 0. The summed E-state index contributed by atoms with van der Waals surface area (Å²) in [6.45, 7) is 0.626. The zero-order valence-corrected chi connectivity index (χ0v) is 12.5. The lowest BCUT2D eigenvalue weighted by Crippen LogP contribution is -1.96. The molecule has 0 fully saturated rings. The molecular weight excluding hydrogens is 283 g/mol. The highest BCUT2D eigenvalue weighted by molar-refractivity contribution is 8.54. The first-order chi connectivity index (χ1) is 9.15. The quantitative estimate of drug-likeness (QED) is 0.434. The molecule has 0 amide bonds. The van der Waals surface area contributed by atoms with Crippen molar-refractivity contribution >= 4 is 24.1 Å². The summed E-state index contributed by atoms with van der Waals surface area (Å²) in [5.41, 5.74) is 0.849. The van der Waals surface area contributed by atoms with E-state index >= 15 is 0 Å². The molecule has 0 radical (unpaired) electrons. The van der Waals surface area contributed by atoms with Crippen LogP contribution in [0.2, 0.25) is 0 Å². The predicted octanol–water partition coefficient (Wildman–Crippen LogP) is 3.83. The van der Waals surface area contributed by atoms with Crippen molar-refractivity contribution in [3.63, 3.8) is 0 Å². The molecule has 0 aliphatic rings. The van der Waals surface area contributed by atoms with E-state index < -0.39 is 6.80 Å². The summed E-state index contributed by atoms with van der Waals surface area (Å²) in [6, 6.07) is 10.9. The Hall–Kier alpha value is -1.12. The lowest BCUT2D eigenvalue weighted by Gasteiger charge is -2.12. The maximum Gasteiger partial charge on any atom is 0.411 e. The van der Waals surface area contributed by atoms with Crippen LogP contribution in [0.3, 0.4) is 0 Å². The fourth-order valence-electron chi connectivity index (χ4n) is 1.23. The number of nitriles is 1. The van der Waals surface area contributed by atoms with Gasteiger partial charge >= 0.3 is 6.80 Å². The van der Waals surface area contributed by atoms with Gasteiger partial charge in [-0.25, -0.2) is 4.57 Å². The maximum absolute atomic E-state index is 12.2. The second kappa shape index (κ2) is 8.13. The van der Waals surface area contributed by atoms with Crippen LogP contribution < -0.4 is 0 Å². The molecule has 0 bridgehead atoms. The summed E-state index contributed by atoms with van der Waals surface area (Å²) in [5.74, 6) is 0. The molecule has 0 heterocycles. The molecule has 0 N–H and O–H groups in total. The lowest BCUT2D eigenvalue weighted by molar-refractivity contribution is 0.237. The maximum atomic E-state index is 12.2. The van der Waals surface area contributed by atoms with E-state index in [4.69, 9.17) is 14.3 Å². The number of hydrogen-bond acceptors (Lipinski definition) is 6. The number of rotatable bonds is 7. The van der Waals surface area contributed by atoms with E-state index in [0.29, 0.717) is 17.1 Å². The molecule has 5 nitrogen and oxygen atoms in total. The second-order valence-electron chi connectivity index (χ2n) is 3.28. The van der Waals surface area contributed by atoms with Crippen molar-refractivity contribution in [3.8, 4) is 6.07 Å². The third-order valence-corrected chi connectivity index (χ3v) is 5.05. The molecule has 7 heteroatoms. The highest BCUT2D eigenvalue weighted by Crippen LogP contribution is 2.61. The highest BCUT2D eigenvalue weighted by atomic mass is 32.7. The third kappa shape index (κ3) is 5.17. The van der Waals surface area contributed by atoms with Gasteiger partial charge in [0.05, 0.1) is 24.8 Å². The average molecular weight is 298 g/mol. The molecule has 0 saturated heterocycles. The minimum absolute atomic E-state index is 0.185. The molecule has 0 aromatic heterocycles. The van der Waals surface area contributed by atoms with Crippen LogP contribution >= 0.6 is 18.4 Å². The minimum atomic E-state index is -3.33. The van der Waals surface area contributed by atoms with Gasteiger partial charge in [0.2, 0.25) is 0 Å². The van der Waals surface area contributed by atoms with E-state index in [1.54, 1.807) is 38.1 Å². The van der Waals surface area contributed by atoms with Gasteiger partial charge < -0.3 is 0 Å². The van der Waals surface area contributed by atoms with Crippen LogP contribution in [0.1, 0.15) is 19.4 Å². The molecule has 0 aliphatic heterocycles. The Bertz CT molecular complexity index is 503. The van der Waals surface area contributed by atoms with E-state index in [1.807, 2.05) is 12.1 Å². The van der Waals surface area contributed by atoms with Crippen molar-refractivity contribution in [2.45, 2.75) is 13.8 Å². The van der Waals surface area contributed by atoms with Crippen molar-refractivity contribution in [2.75, 3.05) is 13.2 Å². The Balaban J connectivity index is 2.88. The zero-order chi connectivity index (χ0) is 14.1. The van der Waals surface area contributed by atoms with E-state index in [1.165, 1.54) is 0 Å². The van der Waals surface area contributed by atoms with Gasteiger partial charge in [0.1, 0.15) is 6.07 Å². The summed E-state index contributed by atoms with van der Waals surface area (Å²) < 4.78 is 26.3. The van der Waals surface area contributed by atoms with E-state index in [2.05, 4.69) is 4.40 Å². The van der Waals surface area contributed by atoms with Gasteiger partial charge in [-0.05, 0) is 13.8 Å². The fourth-order valence-corrected chi connectivity index (χ4v) is 3.81. The molecule has 19 heavy (non-hydrogen) atoms. The van der Waals surface area contributed by atoms with Gasteiger partial charge in [-0.15, -0.1) is 0 Å². The molecule has 0 atom stereocenters. The third-order valence-electron chi connectivity index (χ3n) is 1.96. The topological polar surface area (TPSA) is 71.7 Å². The Morgan fingerprint density at radius 2 is 1.89 bits per heavy atom. The predicted molar refractivity (Wildman–Crippen MR) is 77.0 cm³/mol.